The number of nitrogens with one attached hydrogen (secondary N) is 1. The van der Waals surface area contributed by atoms with Crippen molar-refractivity contribution in [3.8, 4) is 5.75 Å². The van der Waals surface area contributed by atoms with Crippen molar-refractivity contribution in [2.75, 3.05) is 6.61 Å². The molecule has 1 heterocycles. The summed E-state index contributed by atoms with van der Waals surface area (Å²) in [5.41, 5.74) is 0.555. The molecule has 0 fully saturated rings. The molecule has 7 nitrogen and oxygen atoms in total. The Labute approximate surface area is 171 Å². The molecule has 0 saturated carbocycles. The van der Waals surface area contributed by atoms with Crippen molar-refractivity contribution in [2.24, 2.45) is 0 Å². The Balaban J connectivity index is 1.50. The average molecular weight is 413 g/mol. The predicted octanol–water partition coefficient (Wildman–Crippen LogP) is 3.12. The van der Waals surface area contributed by atoms with Gasteiger partial charge in [0.1, 0.15) is 17.1 Å². The minimum atomic E-state index is -1.04. The maximum absolute atomic E-state index is 13.0. The van der Waals surface area contributed by atoms with Crippen LogP contribution >= 0.6 is 0 Å². The number of amides is 1. The molecule has 2 atom stereocenters. The van der Waals surface area contributed by atoms with Gasteiger partial charge >= 0.3 is 11.6 Å². The summed E-state index contributed by atoms with van der Waals surface area (Å²) in [5.74, 6) is -1.28. The number of carbonyl (C=O) groups excluding carboxylic acids is 2. The Morgan fingerprint density at radius 2 is 1.77 bits per heavy atom. The van der Waals surface area contributed by atoms with E-state index in [0.717, 1.165) is 5.56 Å². The van der Waals surface area contributed by atoms with Crippen molar-refractivity contribution < 1.29 is 27.9 Å². The first-order valence-corrected chi connectivity index (χ1v) is 9.24. The largest absolute Gasteiger partial charge is 0.482 e. The molecule has 0 radical (unpaired) electrons. The molecule has 156 valence electrons. The molecule has 30 heavy (non-hydrogen) atoms. The smallest absolute Gasteiger partial charge is 0.344 e. The van der Waals surface area contributed by atoms with Gasteiger partial charge < -0.3 is 19.2 Å². The molecule has 0 saturated heterocycles. The fourth-order valence-corrected chi connectivity index (χ4v) is 2.72. The lowest BCUT2D eigenvalue weighted by Gasteiger charge is -2.18. The van der Waals surface area contributed by atoms with E-state index in [1.54, 1.807) is 37.3 Å². The monoisotopic (exact) mass is 413 g/mol. The van der Waals surface area contributed by atoms with Crippen LogP contribution in [0.5, 0.6) is 5.75 Å². The quantitative estimate of drug-likeness (QED) is 0.472. The third kappa shape index (κ3) is 5.44. The number of hydrogen-bond donors (Lipinski definition) is 1. The van der Waals surface area contributed by atoms with E-state index < -0.39 is 30.2 Å². The molecule has 1 aromatic heterocycles. The van der Waals surface area contributed by atoms with E-state index in [9.17, 15) is 18.8 Å². The van der Waals surface area contributed by atoms with Crippen LogP contribution in [0.15, 0.2) is 63.8 Å². The van der Waals surface area contributed by atoms with Crippen molar-refractivity contribution in [1.29, 1.82) is 0 Å². The van der Waals surface area contributed by atoms with Gasteiger partial charge in [-0.25, -0.2) is 14.0 Å². The van der Waals surface area contributed by atoms with Crippen LogP contribution in [0, 0.1) is 5.82 Å². The Morgan fingerprint density at radius 3 is 2.50 bits per heavy atom. The zero-order valence-corrected chi connectivity index (χ0v) is 16.4. The Hall–Kier alpha value is -3.68. The SMILES string of the molecule is CC(OC(=O)COc1ccc2ccc(=O)oc2c1)C(=O)NC(C)c1ccc(F)cc1. The van der Waals surface area contributed by atoms with E-state index in [0.29, 0.717) is 16.7 Å². The number of ether oxygens (including phenoxy) is 2. The van der Waals surface area contributed by atoms with Crippen LogP contribution in [0.1, 0.15) is 25.5 Å². The topological polar surface area (TPSA) is 94.8 Å². The molecule has 0 bridgehead atoms. The lowest BCUT2D eigenvalue weighted by Crippen LogP contribution is -2.38. The lowest BCUT2D eigenvalue weighted by atomic mass is 10.1. The molecular formula is C22H20FNO6. The standard InChI is InChI=1S/C22H20FNO6/c1-13(15-3-7-17(23)8-4-15)24-22(27)14(2)29-21(26)12-28-18-9-5-16-6-10-20(25)30-19(16)11-18/h3-11,13-14H,12H2,1-2H3,(H,24,27). The maximum atomic E-state index is 13.0. The van der Waals surface area contributed by atoms with Crippen molar-refractivity contribution in [3.05, 3.63) is 76.4 Å². The van der Waals surface area contributed by atoms with E-state index >= 15 is 0 Å². The summed E-state index contributed by atoms with van der Waals surface area (Å²) in [6, 6.07) is 13.1. The maximum Gasteiger partial charge on any atom is 0.344 e. The molecule has 3 aromatic rings. The first-order valence-electron chi connectivity index (χ1n) is 9.24. The normalized spacial score (nSPS) is 12.8. The van der Waals surface area contributed by atoms with Gasteiger partial charge in [-0.3, -0.25) is 4.79 Å². The highest BCUT2D eigenvalue weighted by atomic mass is 19.1. The highest BCUT2D eigenvalue weighted by molar-refractivity contribution is 5.84. The van der Waals surface area contributed by atoms with E-state index in [1.165, 1.54) is 31.2 Å². The summed E-state index contributed by atoms with van der Waals surface area (Å²) < 4.78 is 28.5. The second kappa shape index (κ2) is 9.21. The molecule has 1 N–H and O–H groups in total. The van der Waals surface area contributed by atoms with Crippen LogP contribution < -0.4 is 15.7 Å². The van der Waals surface area contributed by atoms with Crippen LogP contribution in [0.2, 0.25) is 0 Å². The van der Waals surface area contributed by atoms with Gasteiger partial charge in [0.15, 0.2) is 12.7 Å². The van der Waals surface area contributed by atoms with E-state index in [1.807, 2.05) is 0 Å². The Kier molecular flexibility index (Phi) is 6.46. The molecule has 8 heteroatoms. The van der Waals surface area contributed by atoms with Gasteiger partial charge in [-0.1, -0.05) is 12.1 Å². The molecule has 0 aliphatic rings. The zero-order valence-electron chi connectivity index (χ0n) is 16.4. The number of fused-ring (bicyclic) bond motifs is 1. The summed E-state index contributed by atoms with van der Waals surface area (Å²) >= 11 is 0. The van der Waals surface area contributed by atoms with Crippen molar-refractivity contribution >= 4 is 22.8 Å². The Morgan fingerprint density at radius 1 is 1.07 bits per heavy atom. The number of benzene rings is 2. The van der Waals surface area contributed by atoms with E-state index in [4.69, 9.17) is 13.9 Å². The lowest BCUT2D eigenvalue weighted by molar-refractivity contribution is -0.156. The highest BCUT2D eigenvalue weighted by Crippen LogP contribution is 2.19. The summed E-state index contributed by atoms with van der Waals surface area (Å²) in [7, 11) is 0. The van der Waals surface area contributed by atoms with Crippen LogP contribution in [-0.4, -0.2) is 24.6 Å². The van der Waals surface area contributed by atoms with Crippen LogP contribution in [0.3, 0.4) is 0 Å². The molecule has 1 amide bonds. The molecule has 3 rings (SSSR count). The van der Waals surface area contributed by atoms with Gasteiger partial charge in [-0.15, -0.1) is 0 Å². The fraction of sp³-hybridized carbons (Fsp3) is 0.227. The molecule has 0 aliphatic carbocycles. The third-order valence-electron chi connectivity index (χ3n) is 4.36. The summed E-state index contributed by atoms with van der Waals surface area (Å²) in [6.45, 7) is 2.75. The minimum absolute atomic E-state index is 0.316. The average Bonchev–Trinajstić information content (AvgIpc) is 2.72. The highest BCUT2D eigenvalue weighted by Gasteiger charge is 2.20. The first kappa shape index (κ1) is 21.0. The van der Waals surface area contributed by atoms with Crippen LogP contribution in [-0.2, 0) is 14.3 Å². The van der Waals surface area contributed by atoms with Gasteiger partial charge in [0.25, 0.3) is 5.91 Å². The van der Waals surface area contributed by atoms with Crippen molar-refractivity contribution in [1.82, 2.24) is 5.32 Å². The number of rotatable bonds is 7. The zero-order chi connectivity index (χ0) is 21.7. The summed E-state index contributed by atoms with van der Waals surface area (Å²) in [4.78, 5) is 35.5. The number of esters is 1. The molecular weight excluding hydrogens is 393 g/mol. The number of carbonyl (C=O) groups is 2. The molecule has 2 unspecified atom stereocenters. The van der Waals surface area contributed by atoms with Gasteiger partial charge in [-0.2, -0.15) is 0 Å². The van der Waals surface area contributed by atoms with Crippen LogP contribution in [0.25, 0.3) is 11.0 Å². The van der Waals surface area contributed by atoms with Crippen molar-refractivity contribution in [2.45, 2.75) is 26.0 Å². The van der Waals surface area contributed by atoms with Gasteiger partial charge in [0.2, 0.25) is 0 Å². The van der Waals surface area contributed by atoms with E-state index in [2.05, 4.69) is 5.32 Å². The molecule has 0 aliphatic heterocycles. The van der Waals surface area contributed by atoms with Crippen molar-refractivity contribution in [3.63, 3.8) is 0 Å². The van der Waals surface area contributed by atoms with Crippen LogP contribution in [0.4, 0.5) is 4.39 Å². The molecule has 0 spiro atoms. The fourth-order valence-electron chi connectivity index (χ4n) is 2.72. The van der Waals surface area contributed by atoms with E-state index in [-0.39, 0.29) is 11.9 Å². The minimum Gasteiger partial charge on any atom is -0.482 e. The predicted molar refractivity (Wildman–Crippen MR) is 106 cm³/mol. The summed E-state index contributed by atoms with van der Waals surface area (Å²) in [5, 5.41) is 3.41. The van der Waals surface area contributed by atoms with Gasteiger partial charge in [-0.05, 0) is 49.7 Å². The second-order valence-corrected chi connectivity index (χ2v) is 6.66. The molecule has 2 aromatic carbocycles. The summed E-state index contributed by atoms with van der Waals surface area (Å²) in [6.07, 6.45) is -1.04. The number of halogens is 1. The number of hydrogen-bond acceptors (Lipinski definition) is 6. The van der Waals surface area contributed by atoms with Gasteiger partial charge in [0, 0.05) is 17.5 Å². The Bertz CT molecular complexity index is 1110. The third-order valence-corrected chi connectivity index (χ3v) is 4.36. The second-order valence-electron chi connectivity index (χ2n) is 6.66. The first-order chi connectivity index (χ1) is 14.3. The van der Waals surface area contributed by atoms with Gasteiger partial charge in [0.05, 0.1) is 6.04 Å².